The van der Waals surface area contributed by atoms with Crippen LogP contribution in [0.15, 0.2) is 0 Å². The number of nitrogens with zero attached hydrogens (tertiary/aromatic N) is 1. The molecule has 0 aromatic heterocycles. The summed E-state index contributed by atoms with van der Waals surface area (Å²) in [4.78, 5) is 23.6. The Kier molecular flexibility index (Phi) is 3.89. The fraction of sp³-hybridized carbons (Fsp3) is 0.778. The fourth-order valence-corrected chi connectivity index (χ4v) is 1.40. The minimum Gasteiger partial charge on any atom is -0.341 e. The maximum Gasteiger partial charge on any atom is 0.223 e. The highest BCUT2D eigenvalue weighted by Crippen LogP contribution is 2.01. The fourth-order valence-electron chi connectivity index (χ4n) is 1.40. The van der Waals surface area contributed by atoms with Gasteiger partial charge in [-0.05, 0) is 0 Å². The number of hydrogen-bond acceptors (Lipinski definition) is 3. The van der Waals surface area contributed by atoms with E-state index in [1.807, 2.05) is 6.92 Å². The average molecular weight is 184 g/mol. The maximum absolute atomic E-state index is 11.4. The third-order valence-electron chi connectivity index (χ3n) is 2.17. The van der Waals surface area contributed by atoms with Crippen molar-refractivity contribution < 1.29 is 9.59 Å². The van der Waals surface area contributed by atoms with E-state index < -0.39 is 0 Å². The Morgan fingerprint density at radius 2 is 2.38 bits per heavy atom. The highest BCUT2D eigenvalue weighted by molar-refractivity contribution is 5.77. The molecule has 0 radical (unpaired) electrons. The SMILES string of the molecule is CC(C=O)CN1CCNCCC1=O. The summed E-state index contributed by atoms with van der Waals surface area (Å²) in [6, 6.07) is 0. The van der Waals surface area contributed by atoms with Crippen LogP contribution in [0.25, 0.3) is 0 Å². The summed E-state index contributed by atoms with van der Waals surface area (Å²) in [7, 11) is 0. The average Bonchev–Trinajstić information content (AvgIpc) is 2.32. The first kappa shape index (κ1) is 10.2. The summed E-state index contributed by atoms with van der Waals surface area (Å²) < 4.78 is 0. The minimum atomic E-state index is -0.0537. The Balaban J connectivity index is 2.44. The smallest absolute Gasteiger partial charge is 0.223 e. The van der Waals surface area contributed by atoms with Gasteiger partial charge in [-0.25, -0.2) is 0 Å². The van der Waals surface area contributed by atoms with E-state index >= 15 is 0 Å². The van der Waals surface area contributed by atoms with Crippen LogP contribution in [-0.2, 0) is 9.59 Å². The molecule has 1 saturated heterocycles. The second-order valence-electron chi connectivity index (χ2n) is 3.45. The Labute approximate surface area is 78.3 Å². The van der Waals surface area contributed by atoms with Crippen molar-refractivity contribution in [3.8, 4) is 0 Å². The number of nitrogens with one attached hydrogen (secondary N) is 1. The molecule has 1 aliphatic rings. The molecule has 13 heavy (non-hydrogen) atoms. The number of rotatable bonds is 3. The quantitative estimate of drug-likeness (QED) is 0.610. The molecule has 0 saturated carbocycles. The normalized spacial score (nSPS) is 21.0. The Morgan fingerprint density at radius 3 is 3.08 bits per heavy atom. The van der Waals surface area contributed by atoms with Crippen LogP contribution in [0, 0.1) is 5.92 Å². The molecule has 0 aliphatic carbocycles. The highest BCUT2D eigenvalue weighted by Gasteiger charge is 2.17. The molecule has 1 atom stereocenters. The largest absolute Gasteiger partial charge is 0.341 e. The van der Waals surface area contributed by atoms with Crippen LogP contribution >= 0.6 is 0 Å². The lowest BCUT2D eigenvalue weighted by atomic mass is 10.2. The molecule has 1 N–H and O–H groups in total. The number of carbonyl (C=O) groups excluding carboxylic acids is 2. The molecule has 1 aliphatic heterocycles. The van der Waals surface area contributed by atoms with E-state index in [1.165, 1.54) is 0 Å². The number of amides is 1. The lowest BCUT2D eigenvalue weighted by Crippen LogP contribution is -2.36. The summed E-state index contributed by atoms with van der Waals surface area (Å²) in [6.45, 7) is 4.70. The van der Waals surface area contributed by atoms with Crippen LogP contribution < -0.4 is 5.32 Å². The summed E-state index contributed by atoms with van der Waals surface area (Å²) in [6.07, 6.45) is 1.44. The third kappa shape index (κ3) is 3.14. The molecule has 0 bridgehead atoms. The van der Waals surface area contributed by atoms with Gasteiger partial charge < -0.3 is 15.0 Å². The first-order chi connectivity index (χ1) is 6.24. The van der Waals surface area contributed by atoms with E-state index in [-0.39, 0.29) is 11.8 Å². The van der Waals surface area contributed by atoms with Gasteiger partial charge in [-0.15, -0.1) is 0 Å². The van der Waals surface area contributed by atoms with Gasteiger partial charge in [0.15, 0.2) is 0 Å². The monoisotopic (exact) mass is 184 g/mol. The van der Waals surface area contributed by atoms with E-state index in [4.69, 9.17) is 0 Å². The van der Waals surface area contributed by atoms with Crippen molar-refractivity contribution >= 4 is 12.2 Å². The van der Waals surface area contributed by atoms with Crippen LogP contribution in [0.4, 0.5) is 0 Å². The van der Waals surface area contributed by atoms with Crippen molar-refractivity contribution in [2.24, 2.45) is 5.92 Å². The van der Waals surface area contributed by atoms with Crippen molar-refractivity contribution in [3.63, 3.8) is 0 Å². The lowest BCUT2D eigenvalue weighted by molar-refractivity contribution is -0.131. The van der Waals surface area contributed by atoms with Gasteiger partial charge in [0.05, 0.1) is 0 Å². The molecule has 1 rings (SSSR count). The zero-order chi connectivity index (χ0) is 9.68. The van der Waals surface area contributed by atoms with Gasteiger partial charge in [-0.2, -0.15) is 0 Å². The second kappa shape index (κ2) is 4.97. The molecular weight excluding hydrogens is 168 g/mol. The van der Waals surface area contributed by atoms with E-state index in [2.05, 4.69) is 5.32 Å². The van der Waals surface area contributed by atoms with Crippen LogP contribution in [0.5, 0.6) is 0 Å². The van der Waals surface area contributed by atoms with Gasteiger partial charge >= 0.3 is 0 Å². The molecule has 4 heteroatoms. The first-order valence-electron chi connectivity index (χ1n) is 4.68. The summed E-state index contributed by atoms with van der Waals surface area (Å²) in [5.41, 5.74) is 0. The summed E-state index contributed by atoms with van der Waals surface area (Å²) in [5, 5.41) is 3.15. The third-order valence-corrected chi connectivity index (χ3v) is 2.17. The predicted octanol–water partition coefficient (Wildman–Crippen LogP) is -0.357. The lowest BCUT2D eigenvalue weighted by Gasteiger charge is -2.21. The van der Waals surface area contributed by atoms with Gasteiger partial charge in [0.2, 0.25) is 5.91 Å². The molecule has 4 nitrogen and oxygen atoms in total. The van der Waals surface area contributed by atoms with Crippen LogP contribution in [0.3, 0.4) is 0 Å². The molecule has 0 aromatic rings. The van der Waals surface area contributed by atoms with Gasteiger partial charge in [-0.3, -0.25) is 4.79 Å². The molecular formula is C9H16N2O2. The number of hydrogen-bond donors (Lipinski definition) is 1. The Hall–Kier alpha value is -0.900. The molecule has 0 aromatic carbocycles. The first-order valence-corrected chi connectivity index (χ1v) is 4.68. The van der Waals surface area contributed by atoms with E-state index in [9.17, 15) is 9.59 Å². The molecule has 1 heterocycles. The molecule has 1 amide bonds. The zero-order valence-corrected chi connectivity index (χ0v) is 7.95. The second-order valence-corrected chi connectivity index (χ2v) is 3.45. The van der Waals surface area contributed by atoms with Crippen molar-refractivity contribution in [2.75, 3.05) is 26.2 Å². The van der Waals surface area contributed by atoms with E-state index in [1.54, 1.807) is 4.90 Å². The molecule has 1 unspecified atom stereocenters. The molecule has 74 valence electrons. The maximum atomic E-state index is 11.4. The van der Waals surface area contributed by atoms with E-state index in [0.717, 1.165) is 25.9 Å². The van der Waals surface area contributed by atoms with Crippen molar-refractivity contribution in [1.82, 2.24) is 10.2 Å². The molecule has 1 fully saturated rings. The van der Waals surface area contributed by atoms with Gasteiger partial charge in [0.1, 0.15) is 6.29 Å². The Bertz CT molecular complexity index is 194. The number of aldehydes is 1. The van der Waals surface area contributed by atoms with Gasteiger partial charge in [-0.1, -0.05) is 6.92 Å². The van der Waals surface area contributed by atoms with Crippen LogP contribution in [0.2, 0.25) is 0 Å². The van der Waals surface area contributed by atoms with Crippen LogP contribution in [-0.4, -0.2) is 43.3 Å². The topological polar surface area (TPSA) is 49.4 Å². The standard InChI is InChI=1S/C9H16N2O2/c1-8(7-12)6-11-5-4-10-3-2-9(11)13/h7-8,10H,2-6H2,1H3. The van der Waals surface area contributed by atoms with Crippen LogP contribution in [0.1, 0.15) is 13.3 Å². The minimum absolute atomic E-state index is 0.0537. The van der Waals surface area contributed by atoms with E-state index in [0.29, 0.717) is 13.0 Å². The molecule has 0 spiro atoms. The van der Waals surface area contributed by atoms with Crippen molar-refractivity contribution in [2.45, 2.75) is 13.3 Å². The summed E-state index contributed by atoms with van der Waals surface area (Å²) in [5.74, 6) is 0.0979. The summed E-state index contributed by atoms with van der Waals surface area (Å²) >= 11 is 0. The van der Waals surface area contributed by atoms with Crippen molar-refractivity contribution in [1.29, 1.82) is 0 Å². The Morgan fingerprint density at radius 1 is 1.62 bits per heavy atom. The number of carbonyl (C=O) groups is 2. The zero-order valence-electron chi connectivity index (χ0n) is 7.95. The van der Waals surface area contributed by atoms with Crippen molar-refractivity contribution in [3.05, 3.63) is 0 Å². The highest BCUT2D eigenvalue weighted by atomic mass is 16.2. The van der Waals surface area contributed by atoms with Gasteiger partial charge in [0, 0.05) is 38.5 Å². The predicted molar refractivity (Wildman–Crippen MR) is 49.3 cm³/mol. The van der Waals surface area contributed by atoms with Gasteiger partial charge in [0.25, 0.3) is 0 Å².